The maximum Gasteiger partial charge on any atom is 0.475 e. The molecule has 0 saturated carbocycles. The minimum absolute atomic E-state index is 0.0607. The highest BCUT2D eigenvalue weighted by atomic mass is 16.6. The van der Waals surface area contributed by atoms with Crippen molar-refractivity contribution >= 4 is 19.1 Å². The fraction of sp³-hybridized carbons (Fsp3) is 0.593. The van der Waals surface area contributed by atoms with Crippen LogP contribution in [0.3, 0.4) is 0 Å². The molecule has 0 radical (unpaired) electrons. The molecule has 2 saturated heterocycles. The van der Waals surface area contributed by atoms with Crippen LogP contribution in [0.15, 0.2) is 42.0 Å². The van der Waals surface area contributed by atoms with Crippen molar-refractivity contribution in [2.75, 3.05) is 32.8 Å². The van der Waals surface area contributed by atoms with Crippen molar-refractivity contribution in [1.29, 1.82) is 5.26 Å². The highest BCUT2D eigenvalue weighted by molar-refractivity contribution is 6.43. The molecule has 0 bridgehead atoms. The van der Waals surface area contributed by atoms with E-state index in [1.165, 1.54) is 0 Å². The van der Waals surface area contributed by atoms with Gasteiger partial charge in [0.15, 0.2) is 0 Å². The van der Waals surface area contributed by atoms with Gasteiger partial charge in [-0.05, 0) is 58.1 Å². The number of ether oxygens (including phenoxy) is 2. The van der Waals surface area contributed by atoms with Crippen LogP contribution in [0.5, 0.6) is 0 Å². The number of nitrogens with one attached hydrogen (secondary N) is 1. The Hall–Kier alpha value is -2.91. The zero-order chi connectivity index (χ0) is 27.7. The minimum atomic E-state index is -1.77. The van der Waals surface area contributed by atoms with Crippen LogP contribution in [0.25, 0.3) is 0 Å². The van der Waals surface area contributed by atoms with Crippen molar-refractivity contribution < 1.29 is 29.1 Å². The summed E-state index contributed by atoms with van der Waals surface area (Å²) in [6, 6.07) is 11.3. The average Bonchev–Trinajstić information content (AvgIpc) is 3.12. The second kappa shape index (κ2) is 13.8. The summed E-state index contributed by atoms with van der Waals surface area (Å²) in [5.74, 6) is -1.34. The van der Waals surface area contributed by atoms with Gasteiger partial charge in [-0.2, -0.15) is 5.26 Å². The average molecular weight is 526 g/mol. The van der Waals surface area contributed by atoms with Gasteiger partial charge < -0.3 is 29.7 Å². The Balaban J connectivity index is 1.63. The molecule has 3 rings (SSSR count). The molecule has 206 valence electrons. The van der Waals surface area contributed by atoms with E-state index in [1.807, 2.05) is 51.1 Å². The van der Waals surface area contributed by atoms with Gasteiger partial charge in [0.1, 0.15) is 17.7 Å². The van der Waals surface area contributed by atoms with Gasteiger partial charge in [0.2, 0.25) is 0 Å². The van der Waals surface area contributed by atoms with E-state index in [2.05, 4.69) is 16.3 Å². The van der Waals surface area contributed by atoms with Crippen LogP contribution in [-0.4, -0.2) is 95.4 Å². The molecule has 0 unspecified atom stereocenters. The van der Waals surface area contributed by atoms with E-state index in [-0.39, 0.29) is 30.5 Å². The van der Waals surface area contributed by atoms with Crippen molar-refractivity contribution in [1.82, 2.24) is 15.1 Å². The Bertz CT molecular complexity index is 1010. The van der Waals surface area contributed by atoms with Crippen molar-refractivity contribution in [3.05, 3.63) is 47.5 Å². The summed E-state index contributed by atoms with van der Waals surface area (Å²) in [5.41, 5.74) is 0.382. The Labute approximate surface area is 225 Å². The number of alkyl carbamates (subject to hydrolysis) is 1. The van der Waals surface area contributed by atoms with Crippen molar-refractivity contribution in [3.63, 3.8) is 0 Å². The SMILES string of the molecule is C[C@H]1CN(C(C)(C)/C=C(\C#N)C(=O)N2CCCC[C@@H](OC(=O)N[C@@H](Cc3ccccc3)B(O)O)C2)CCO1. The smallest absolute Gasteiger partial charge is 0.444 e. The number of carbonyl (C=O) groups is 2. The largest absolute Gasteiger partial charge is 0.475 e. The number of rotatable bonds is 8. The normalized spacial score (nSPS) is 22.1. The predicted molar refractivity (Wildman–Crippen MR) is 143 cm³/mol. The van der Waals surface area contributed by atoms with E-state index >= 15 is 0 Å². The molecule has 10 nitrogen and oxygen atoms in total. The van der Waals surface area contributed by atoms with Crippen LogP contribution in [0.4, 0.5) is 4.79 Å². The van der Waals surface area contributed by atoms with Crippen LogP contribution >= 0.6 is 0 Å². The predicted octanol–water partition coefficient (Wildman–Crippen LogP) is 1.67. The summed E-state index contributed by atoms with van der Waals surface area (Å²) in [6.07, 6.45) is 2.69. The van der Waals surface area contributed by atoms with Gasteiger partial charge in [-0.15, -0.1) is 0 Å². The van der Waals surface area contributed by atoms with Crippen LogP contribution in [-0.2, 0) is 20.7 Å². The maximum atomic E-state index is 13.4. The van der Waals surface area contributed by atoms with Gasteiger partial charge in [0.05, 0.1) is 25.2 Å². The lowest BCUT2D eigenvalue weighted by molar-refractivity contribution is -0.127. The van der Waals surface area contributed by atoms with Gasteiger partial charge in [-0.3, -0.25) is 9.69 Å². The quantitative estimate of drug-likeness (QED) is 0.265. The summed E-state index contributed by atoms with van der Waals surface area (Å²) >= 11 is 0. The molecule has 1 aromatic carbocycles. The molecule has 11 heteroatoms. The molecule has 2 amide bonds. The number of nitriles is 1. The molecule has 2 aliphatic heterocycles. The van der Waals surface area contributed by atoms with E-state index < -0.39 is 30.8 Å². The number of amides is 2. The standard InChI is InChI=1S/C27H39BN4O6/c1-20-18-32(13-14-37-20)27(2,3)16-22(17-29)25(33)31-12-8-7-11-23(19-31)38-26(34)30-24(28(35)36)15-21-9-5-4-6-10-21/h4-6,9-10,16,20,23-24,35-36H,7-8,11-15,18-19H2,1-3H3,(H,30,34)/b22-16+/t20-,23+,24-/m0/s1. The topological polar surface area (TPSA) is 135 Å². The van der Waals surface area contributed by atoms with E-state index in [0.29, 0.717) is 32.7 Å². The van der Waals surface area contributed by atoms with Gasteiger partial charge in [-0.1, -0.05) is 30.3 Å². The summed E-state index contributed by atoms with van der Waals surface area (Å²) in [7, 11) is -1.77. The number of carbonyl (C=O) groups excluding carboxylic acids is 2. The highest BCUT2D eigenvalue weighted by Gasteiger charge is 2.33. The first-order chi connectivity index (χ1) is 18.1. The molecule has 0 aromatic heterocycles. The fourth-order valence-corrected chi connectivity index (χ4v) is 4.92. The number of benzene rings is 1. The van der Waals surface area contributed by atoms with Gasteiger partial charge in [0, 0.05) is 25.2 Å². The molecule has 38 heavy (non-hydrogen) atoms. The zero-order valence-electron chi connectivity index (χ0n) is 22.5. The van der Waals surface area contributed by atoms with Gasteiger partial charge in [-0.25, -0.2) is 4.79 Å². The molecule has 0 spiro atoms. The number of hydrogen-bond acceptors (Lipinski definition) is 8. The first kappa shape index (κ1) is 29.6. The third-order valence-electron chi connectivity index (χ3n) is 7.06. The molecule has 3 atom stereocenters. The van der Waals surface area contributed by atoms with Crippen LogP contribution in [0.1, 0.15) is 45.6 Å². The van der Waals surface area contributed by atoms with E-state index in [1.54, 1.807) is 11.0 Å². The van der Waals surface area contributed by atoms with Gasteiger partial charge in [0.25, 0.3) is 5.91 Å². The Morgan fingerprint density at radius 1 is 1.26 bits per heavy atom. The molecule has 2 fully saturated rings. The molecule has 2 aliphatic rings. The lowest BCUT2D eigenvalue weighted by atomic mass is 9.76. The summed E-state index contributed by atoms with van der Waals surface area (Å²) in [5, 5.41) is 31.9. The Morgan fingerprint density at radius 2 is 2.00 bits per heavy atom. The molecular weight excluding hydrogens is 487 g/mol. The molecule has 3 N–H and O–H groups in total. The zero-order valence-corrected chi connectivity index (χ0v) is 22.5. The fourth-order valence-electron chi connectivity index (χ4n) is 4.92. The third-order valence-corrected chi connectivity index (χ3v) is 7.06. The monoisotopic (exact) mass is 526 g/mol. The number of likely N-dealkylation sites (tertiary alicyclic amines) is 1. The van der Waals surface area contributed by atoms with E-state index in [0.717, 1.165) is 18.4 Å². The number of hydrogen-bond donors (Lipinski definition) is 3. The first-order valence-electron chi connectivity index (χ1n) is 13.2. The second-order valence-corrected chi connectivity index (χ2v) is 10.6. The van der Waals surface area contributed by atoms with Crippen LogP contribution in [0.2, 0.25) is 0 Å². The lowest BCUT2D eigenvalue weighted by Crippen LogP contribution is -2.51. The molecule has 2 heterocycles. The molecule has 1 aromatic rings. The van der Waals surface area contributed by atoms with Gasteiger partial charge >= 0.3 is 13.2 Å². The molecular formula is C27H39BN4O6. The summed E-state index contributed by atoms with van der Waals surface area (Å²) in [6.45, 7) is 8.60. The third kappa shape index (κ3) is 8.56. The lowest BCUT2D eigenvalue weighted by Gasteiger charge is -2.41. The van der Waals surface area contributed by atoms with Crippen molar-refractivity contribution in [2.45, 2.75) is 70.1 Å². The maximum absolute atomic E-state index is 13.4. The number of morpholine rings is 1. The van der Waals surface area contributed by atoms with Crippen molar-refractivity contribution in [3.8, 4) is 6.07 Å². The highest BCUT2D eigenvalue weighted by Crippen LogP contribution is 2.23. The van der Waals surface area contributed by atoms with Crippen molar-refractivity contribution in [2.24, 2.45) is 0 Å². The number of nitrogens with zero attached hydrogens (tertiary/aromatic N) is 3. The molecule has 0 aliphatic carbocycles. The van der Waals surface area contributed by atoms with E-state index in [4.69, 9.17) is 9.47 Å². The van der Waals surface area contributed by atoms with Crippen LogP contribution < -0.4 is 5.32 Å². The Kier molecular flexibility index (Phi) is 10.7. The summed E-state index contributed by atoms with van der Waals surface area (Å²) < 4.78 is 11.2. The second-order valence-electron chi connectivity index (χ2n) is 10.6. The van der Waals surface area contributed by atoms with E-state index in [9.17, 15) is 24.9 Å². The Morgan fingerprint density at radius 3 is 2.66 bits per heavy atom. The minimum Gasteiger partial charge on any atom is -0.444 e. The first-order valence-corrected chi connectivity index (χ1v) is 13.2. The summed E-state index contributed by atoms with van der Waals surface area (Å²) in [4.78, 5) is 29.8. The van der Waals surface area contributed by atoms with Crippen LogP contribution in [0, 0.1) is 11.3 Å².